The lowest BCUT2D eigenvalue weighted by atomic mass is 10.0. The molecule has 1 rings (SSSR count). The number of carbonyl (C=O) groups is 1. The quantitative estimate of drug-likeness (QED) is 0.599. The first kappa shape index (κ1) is 16.2. The molecule has 0 aliphatic heterocycles. The van der Waals surface area contributed by atoms with Crippen LogP contribution in [0.5, 0.6) is 0 Å². The number of nitrogens with two attached hydrogens (primary N) is 1. The summed E-state index contributed by atoms with van der Waals surface area (Å²) in [5.41, 5.74) is 6.80. The van der Waals surface area contributed by atoms with Crippen LogP contribution in [0.1, 0.15) is 56.7 Å². The Bertz CT molecular complexity index is 497. The number of hydrogen-bond acceptors (Lipinski definition) is 4. The number of anilines is 1. The van der Waals surface area contributed by atoms with Gasteiger partial charge in [-0.05, 0) is 32.1 Å². The number of nitrogens with zero attached hydrogens (tertiary/aromatic N) is 1. The van der Waals surface area contributed by atoms with Crippen molar-refractivity contribution in [2.75, 3.05) is 5.73 Å². The number of H-pyrrole nitrogens is 1. The van der Waals surface area contributed by atoms with Crippen molar-refractivity contribution in [3.05, 3.63) is 21.6 Å². The first-order valence-electron chi connectivity index (χ1n) is 7.14. The van der Waals surface area contributed by atoms with Gasteiger partial charge in [-0.1, -0.05) is 19.8 Å². The molecular weight excluding hydrogens is 258 g/mol. The molecule has 4 N–H and O–H groups in total. The standard InChI is InChI=1S/C14H23N3O3/c1-2-3-4-8-11-10(7-5-6-9-12(18)19)13(20)17-14(15)16-11/h2-9H2,1H3,(H,18,19)(H3,15,16,17,20). The van der Waals surface area contributed by atoms with E-state index in [0.717, 1.165) is 31.4 Å². The van der Waals surface area contributed by atoms with Gasteiger partial charge in [0.05, 0.1) is 5.69 Å². The van der Waals surface area contributed by atoms with Gasteiger partial charge in [0.15, 0.2) is 0 Å². The second kappa shape index (κ2) is 8.35. The van der Waals surface area contributed by atoms with Crippen LogP contribution in [0, 0.1) is 0 Å². The molecule has 6 heteroatoms. The number of aromatic nitrogens is 2. The molecule has 1 aromatic heterocycles. The summed E-state index contributed by atoms with van der Waals surface area (Å²) >= 11 is 0. The van der Waals surface area contributed by atoms with E-state index in [0.29, 0.717) is 24.8 Å². The maximum absolute atomic E-state index is 11.9. The fourth-order valence-corrected chi connectivity index (χ4v) is 2.15. The maximum atomic E-state index is 11.9. The number of aliphatic carboxylic acids is 1. The largest absolute Gasteiger partial charge is 0.481 e. The minimum absolute atomic E-state index is 0.130. The molecule has 1 aromatic rings. The van der Waals surface area contributed by atoms with Crippen LogP contribution in [-0.2, 0) is 17.6 Å². The Hall–Kier alpha value is -1.85. The number of hydrogen-bond donors (Lipinski definition) is 3. The van der Waals surface area contributed by atoms with Gasteiger partial charge in [0.1, 0.15) is 0 Å². The second-order valence-corrected chi connectivity index (χ2v) is 4.93. The Balaban J connectivity index is 2.70. The lowest BCUT2D eigenvalue weighted by Crippen LogP contribution is -2.20. The number of carboxylic acids is 1. The van der Waals surface area contributed by atoms with Gasteiger partial charge >= 0.3 is 5.97 Å². The van der Waals surface area contributed by atoms with Crippen LogP contribution in [-0.4, -0.2) is 21.0 Å². The van der Waals surface area contributed by atoms with Gasteiger partial charge < -0.3 is 10.8 Å². The molecule has 0 amide bonds. The lowest BCUT2D eigenvalue weighted by Gasteiger charge is -2.08. The number of aryl methyl sites for hydroxylation is 1. The van der Waals surface area contributed by atoms with Gasteiger partial charge in [-0.25, -0.2) is 4.98 Å². The van der Waals surface area contributed by atoms with Crippen molar-refractivity contribution in [1.82, 2.24) is 9.97 Å². The Morgan fingerprint density at radius 2 is 1.95 bits per heavy atom. The molecule has 0 aliphatic carbocycles. The fourth-order valence-electron chi connectivity index (χ4n) is 2.15. The molecule has 20 heavy (non-hydrogen) atoms. The molecule has 0 aromatic carbocycles. The monoisotopic (exact) mass is 281 g/mol. The summed E-state index contributed by atoms with van der Waals surface area (Å²) in [6, 6.07) is 0. The van der Waals surface area contributed by atoms with Crippen LogP contribution in [0.15, 0.2) is 4.79 Å². The Kier molecular flexibility index (Phi) is 6.76. The summed E-state index contributed by atoms with van der Waals surface area (Å²) < 4.78 is 0. The van der Waals surface area contributed by atoms with Gasteiger partial charge in [-0.3, -0.25) is 14.6 Å². The van der Waals surface area contributed by atoms with Crippen LogP contribution >= 0.6 is 0 Å². The average molecular weight is 281 g/mol. The lowest BCUT2D eigenvalue weighted by molar-refractivity contribution is -0.137. The molecule has 0 spiro atoms. The van der Waals surface area contributed by atoms with E-state index in [-0.39, 0.29) is 17.9 Å². The van der Waals surface area contributed by atoms with E-state index in [2.05, 4.69) is 16.9 Å². The van der Waals surface area contributed by atoms with E-state index in [1.54, 1.807) is 0 Å². The second-order valence-electron chi connectivity index (χ2n) is 4.93. The number of nitrogen functional groups attached to an aromatic ring is 1. The molecule has 0 unspecified atom stereocenters. The van der Waals surface area contributed by atoms with Crippen LogP contribution in [0.3, 0.4) is 0 Å². The summed E-state index contributed by atoms with van der Waals surface area (Å²) in [6.45, 7) is 2.12. The molecule has 0 atom stereocenters. The third-order valence-electron chi connectivity index (χ3n) is 3.20. The molecule has 0 fully saturated rings. The van der Waals surface area contributed by atoms with Crippen LogP contribution < -0.4 is 11.3 Å². The maximum Gasteiger partial charge on any atom is 0.303 e. The molecule has 0 saturated heterocycles. The van der Waals surface area contributed by atoms with Gasteiger partial charge in [0.25, 0.3) is 5.56 Å². The number of aromatic amines is 1. The van der Waals surface area contributed by atoms with Gasteiger partial charge in [-0.15, -0.1) is 0 Å². The summed E-state index contributed by atoms with van der Waals surface area (Å²) in [5.74, 6) is -0.659. The minimum Gasteiger partial charge on any atom is -0.481 e. The number of carboxylic acid groups (broad SMARTS) is 1. The van der Waals surface area contributed by atoms with Crippen molar-refractivity contribution in [3.63, 3.8) is 0 Å². The van der Waals surface area contributed by atoms with Crippen molar-refractivity contribution in [3.8, 4) is 0 Å². The van der Waals surface area contributed by atoms with E-state index in [1.807, 2.05) is 0 Å². The van der Waals surface area contributed by atoms with Crippen molar-refractivity contribution < 1.29 is 9.90 Å². The van der Waals surface area contributed by atoms with Crippen molar-refractivity contribution in [1.29, 1.82) is 0 Å². The third kappa shape index (κ3) is 5.42. The fraction of sp³-hybridized carbons (Fsp3) is 0.643. The molecular formula is C14H23N3O3. The first-order valence-corrected chi connectivity index (χ1v) is 7.14. The molecule has 0 bridgehead atoms. The number of unbranched alkanes of at least 4 members (excludes halogenated alkanes) is 3. The van der Waals surface area contributed by atoms with E-state index in [1.165, 1.54) is 0 Å². The van der Waals surface area contributed by atoms with E-state index >= 15 is 0 Å². The summed E-state index contributed by atoms with van der Waals surface area (Å²) in [5, 5.41) is 8.60. The van der Waals surface area contributed by atoms with Crippen molar-refractivity contribution in [2.45, 2.75) is 58.3 Å². The van der Waals surface area contributed by atoms with Crippen LogP contribution in [0.2, 0.25) is 0 Å². The van der Waals surface area contributed by atoms with Gasteiger partial charge in [0, 0.05) is 12.0 Å². The highest BCUT2D eigenvalue weighted by atomic mass is 16.4. The Morgan fingerprint density at radius 1 is 1.25 bits per heavy atom. The number of rotatable bonds is 9. The first-order chi connectivity index (χ1) is 9.54. The van der Waals surface area contributed by atoms with Crippen molar-refractivity contribution in [2.24, 2.45) is 0 Å². The van der Waals surface area contributed by atoms with Crippen LogP contribution in [0.4, 0.5) is 5.95 Å². The topological polar surface area (TPSA) is 109 Å². The Morgan fingerprint density at radius 3 is 2.60 bits per heavy atom. The number of nitrogens with one attached hydrogen (secondary N) is 1. The SMILES string of the molecule is CCCCCc1nc(N)[nH]c(=O)c1CCCCC(=O)O. The highest BCUT2D eigenvalue weighted by Gasteiger charge is 2.10. The third-order valence-corrected chi connectivity index (χ3v) is 3.20. The predicted molar refractivity (Wildman–Crippen MR) is 77.7 cm³/mol. The zero-order valence-corrected chi connectivity index (χ0v) is 11.9. The zero-order valence-electron chi connectivity index (χ0n) is 11.9. The summed E-state index contributed by atoms with van der Waals surface area (Å²) in [6.07, 6.45) is 5.84. The zero-order chi connectivity index (χ0) is 15.0. The molecule has 112 valence electrons. The summed E-state index contributed by atoms with van der Waals surface area (Å²) in [7, 11) is 0. The van der Waals surface area contributed by atoms with E-state index < -0.39 is 5.97 Å². The molecule has 1 heterocycles. The van der Waals surface area contributed by atoms with Gasteiger partial charge in [-0.2, -0.15) is 0 Å². The molecule has 6 nitrogen and oxygen atoms in total. The molecule has 0 saturated carbocycles. The molecule has 0 radical (unpaired) electrons. The van der Waals surface area contributed by atoms with Gasteiger partial charge in [0.2, 0.25) is 5.95 Å². The van der Waals surface area contributed by atoms with E-state index in [9.17, 15) is 9.59 Å². The average Bonchev–Trinajstić information content (AvgIpc) is 2.36. The smallest absolute Gasteiger partial charge is 0.303 e. The molecule has 0 aliphatic rings. The highest BCUT2D eigenvalue weighted by molar-refractivity contribution is 5.66. The normalized spacial score (nSPS) is 10.7. The summed E-state index contributed by atoms with van der Waals surface area (Å²) in [4.78, 5) is 29.1. The van der Waals surface area contributed by atoms with Crippen molar-refractivity contribution >= 4 is 11.9 Å². The van der Waals surface area contributed by atoms with E-state index in [4.69, 9.17) is 10.8 Å². The minimum atomic E-state index is -0.808. The Labute approximate surface area is 118 Å². The highest BCUT2D eigenvalue weighted by Crippen LogP contribution is 2.11. The van der Waals surface area contributed by atoms with Crippen LogP contribution in [0.25, 0.3) is 0 Å². The predicted octanol–water partition coefficient (Wildman–Crippen LogP) is 1.88.